The van der Waals surface area contributed by atoms with E-state index in [9.17, 15) is 9.59 Å². The molecular formula is C7H11NO4. The summed E-state index contributed by atoms with van der Waals surface area (Å²) in [6, 6.07) is 0. The molecule has 0 saturated carbocycles. The van der Waals surface area contributed by atoms with E-state index in [0.29, 0.717) is 0 Å². The first-order chi connectivity index (χ1) is 5.49. The minimum Gasteiger partial charge on any atom is -0.478 e. The van der Waals surface area contributed by atoms with Crippen molar-refractivity contribution in [1.82, 2.24) is 5.32 Å². The second kappa shape index (κ2) is 4.50. The number of aliphatic carboxylic acids is 1. The fraction of sp³-hybridized carbons (Fsp3) is 0.429. The molecule has 0 aromatic carbocycles. The zero-order valence-electron chi connectivity index (χ0n) is 6.96. The van der Waals surface area contributed by atoms with Gasteiger partial charge in [-0.05, 0) is 6.92 Å². The lowest BCUT2D eigenvalue weighted by Gasteiger charge is -2.11. The van der Waals surface area contributed by atoms with Crippen LogP contribution in [0.3, 0.4) is 0 Å². The molecule has 0 aliphatic carbocycles. The molecule has 0 heterocycles. The number of amides is 1. The summed E-state index contributed by atoms with van der Waals surface area (Å²) in [6.07, 6.45) is -1.31. The minimum absolute atomic E-state index is 0.235. The first-order valence-electron chi connectivity index (χ1n) is 3.21. The number of methoxy groups -OCH3 is 1. The Hall–Kier alpha value is -1.36. The normalized spacial score (nSPS) is 11.8. The highest BCUT2D eigenvalue weighted by Crippen LogP contribution is 1.90. The molecule has 1 unspecified atom stereocenters. The monoisotopic (exact) mass is 173 g/mol. The van der Waals surface area contributed by atoms with Gasteiger partial charge in [0.05, 0.1) is 0 Å². The van der Waals surface area contributed by atoms with E-state index in [2.05, 4.69) is 16.6 Å². The molecule has 1 atom stereocenters. The molecule has 0 saturated heterocycles. The van der Waals surface area contributed by atoms with Gasteiger partial charge in [-0.15, -0.1) is 0 Å². The van der Waals surface area contributed by atoms with Gasteiger partial charge >= 0.3 is 5.97 Å². The van der Waals surface area contributed by atoms with E-state index in [1.165, 1.54) is 14.0 Å². The number of carbonyl (C=O) groups excluding carboxylic acids is 1. The van der Waals surface area contributed by atoms with Gasteiger partial charge in [0.25, 0.3) is 0 Å². The Morgan fingerprint density at radius 1 is 1.58 bits per heavy atom. The topological polar surface area (TPSA) is 75.6 Å². The summed E-state index contributed by atoms with van der Waals surface area (Å²) >= 11 is 0. The highest BCUT2D eigenvalue weighted by atomic mass is 16.5. The average molecular weight is 173 g/mol. The fourth-order valence-electron chi connectivity index (χ4n) is 0.464. The third kappa shape index (κ3) is 3.16. The number of hydrogen-bond acceptors (Lipinski definition) is 3. The van der Waals surface area contributed by atoms with Crippen LogP contribution in [0.25, 0.3) is 0 Å². The van der Waals surface area contributed by atoms with Gasteiger partial charge in [0.1, 0.15) is 0 Å². The van der Waals surface area contributed by atoms with Gasteiger partial charge in [-0.3, -0.25) is 4.79 Å². The Balaban J connectivity index is 4.12. The summed E-state index contributed by atoms with van der Waals surface area (Å²) < 4.78 is 4.46. The van der Waals surface area contributed by atoms with E-state index in [-0.39, 0.29) is 5.57 Å². The number of carboxylic acids is 1. The van der Waals surface area contributed by atoms with Crippen molar-refractivity contribution in [2.24, 2.45) is 0 Å². The average Bonchev–Trinajstić information content (AvgIpc) is 1.98. The van der Waals surface area contributed by atoms with Crippen molar-refractivity contribution in [3.8, 4) is 0 Å². The number of carboxylic acid groups (broad SMARTS) is 1. The molecule has 5 nitrogen and oxygen atoms in total. The Morgan fingerprint density at radius 2 is 2.08 bits per heavy atom. The Labute approximate surface area is 70.0 Å². The van der Waals surface area contributed by atoms with Crippen LogP contribution in [0, 0.1) is 0 Å². The fourth-order valence-corrected chi connectivity index (χ4v) is 0.464. The van der Waals surface area contributed by atoms with Crippen molar-refractivity contribution in [3.05, 3.63) is 12.2 Å². The maximum absolute atomic E-state index is 10.9. The van der Waals surface area contributed by atoms with Crippen molar-refractivity contribution >= 4 is 11.9 Å². The second-order valence-corrected chi connectivity index (χ2v) is 2.21. The van der Waals surface area contributed by atoms with Gasteiger partial charge in [0.15, 0.2) is 0 Å². The first-order valence-corrected chi connectivity index (χ1v) is 3.21. The predicted molar refractivity (Wildman–Crippen MR) is 41.4 cm³/mol. The lowest BCUT2D eigenvalue weighted by Crippen LogP contribution is -2.42. The van der Waals surface area contributed by atoms with Crippen LogP contribution >= 0.6 is 0 Å². The molecule has 0 aliphatic heterocycles. The maximum Gasteiger partial charge on any atom is 0.354 e. The highest BCUT2D eigenvalue weighted by Gasteiger charge is 2.18. The summed E-state index contributed by atoms with van der Waals surface area (Å²) in [5, 5.41) is 10.5. The molecule has 0 rings (SSSR count). The van der Waals surface area contributed by atoms with E-state index >= 15 is 0 Å². The lowest BCUT2D eigenvalue weighted by molar-refractivity contribution is -0.152. The van der Waals surface area contributed by atoms with Gasteiger partial charge in [-0.25, -0.2) is 4.79 Å². The van der Waals surface area contributed by atoms with Gasteiger partial charge < -0.3 is 15.2 Å². The highest BCUT2D eigenvalue weighted by molar-refractivity contribution is 5.94. The standard InChI is InChI=1S/C7H11NO4/c1-4(2)5(9)8-6(12-3)7(10)11/h6H,1H2,2-3H3,(H,8,9)(H,10,11). The molecule has 0 radical (unpaired) electrons. The molecule has 2 N–H and O–H groups in total. The molecule has 1 amide bonds. The Bertz CT molecular complexity index is 211. The van der Waals surface area contributed by atoms with Gasteiger partial charge in [0, 0.05) is 12.7 Å². The van der Waals surface area contributed by atoms with Crippen LogP contribution in [-0.2, 0) is 14.3 Å². The third-order valence-electron chi connectivity index (χ3n) is 1.11. The van der Waals surface area contributed by atoms with E-state index < -0.39 is 18.1 Å². The lowest BCUT2D eigenvalue weighted by atomic mass is 10.3. The van der Waals surface area contributed by atoms with Crippen LogP contribution < -0.4 is 5.32 Å². The smallest absolute Gasteiger partial charge is 0.354 e. The number of carbonyl (C=O) groups is 2. The van der Waals surface area contributed by atoms with Crippen molar-refractivity contribution in [2.45, 2.75) is 13.2 Å². The maximum atomic E-state index is 10.9. The van der Waals surface area contributed by atoms with Crippen LogP contribution in [0.1, 0.15) is 6.92 Å². The molecule has 0 bridgehead atoms. The van der Waals surface area contributed by atoms with Crippen molar-refractivity contribution in [3.63, 3.8) is 0 Å². The second-order valence-electron chi connectivity index (χ2n) is 2.21. The molecule has 0 aliphatic rings. The number of hydrogen-bond donors (Lipinski definition) is 2. The summed E-state index contributed by atoms with van der Waals surface area (Å²) in [5.41, 5.74) is 0.235. The molecule has 0 fully saturated rings. The van der Waals surface area contributed by atoms with E-state index in [1.54, 1.807) is 0 Å². The summed E-state index contributed by atoms with van der Waals surface area (Å²) in [4.78, 5) is 21.2. The van der Waals surface area contributed by atoms with Crippen LogP contribution in [0.2, 0.25) is 0 Å². The van der Waals surface area contributed by atoms with Crippen LogP contribution in [0.15, 0.2) is 12.2 Å². The molecule has 0 aromatic heterocycles. The van der Waals surface area contributed by atoms with Crippen LogP contribution in [0.4, 0.5) is 0 Å². The number of ether oxygens (including phenoxy) is 1. The number of nitrogens with one attached hydrogen (secondary N) is 1. The van der Waals surface area contributed by atoms with Gasteiger partial charge in [0.2, 0.25) is 12.1 Å². The van der Waals surface area contributed by atoms with E-state index in [0.717, 1.165) is 0 Å². The molecule has 5 heteroatoms. The summed E-state index contributed by atoms with van der Waals surface area (Å²) in [5.74, 6) is -1.78. The van der Waals surface area contributed by atoms with Crippen LogP contribution in [-0.4, -0.2) is 30.3 Å². The largest absolute Gasteiger partial charge is 0.478 e. The number of rotatable bonds is 4. The van der Waals surface area contributed by atoms with E-state index in [4.69, 9.17) is 5.11 Å². The van der Waals surface area contributed by atoms with Crippen LogP contribution in [0.5, 0.6) is 0 Å². The Kier molecular flexibility index (Phi) is 3.99. The predicted octanol–water partition coefficient (Wildman–Crippen LogP) is -0.264. The summed E-state index contributed by atoms with van der Waals surface area (Å²) in [6.45, 7) is 4.82. The molecular weight excluding hydrogens is 162 g/mol. The minimum atomic E-state index is -1.31. The van der Waals surface area contributed by atoms with Crippen molar-refractivity contribution in [1.29, 1.82) is 0 Å². The zero-order valence-corrected chi connectivity index (χ0v) is 6.96. The summed E-state index contributed by atoms with van der Waals surface area (Å²) in [7, 11) is 1.19. The third-order valence-corrected chi connectivity index (χ3v) is 1.11. The molecule has 0 aromatic rings. The Morgan fingerprint density at radius 3 is 2.33 bits per heavy atom. The van der Waals surface area contributed by atoms with E-state index in [1.807, 2.05) is 0 Å². The van der Waals surface area contributed by atoms with Gasteiger partial charge in [-0.1, -0.05) is 6.58 Å². The quantitative estimate of drug-likeness (QED) is 0.453. The van der Waals surface area contributed by atoms with Crippen molar-refractivity contribution in [2.75, 3.05) is 7.11 Å². The molecule has 12 heavy (non-hydrogen) atoms. The molecule has 68 valence electrons. The SMILES string of the molecule is C=C(C)C(=O)NC(OC)C(=O)O. The zero-order chi connectivity index (χ0) is 9.72. The first kappa shape index (κ1) is 10.6. The van der Waals surface area contributed by atoms with Gasteiger partial charge in [-0.2, -0.15) is 0 Å². The molecule has 0 spiro atoms. The van der Waals surface area contributed by atoms with Crippen molar-refractivity contribution < 1.29 is 19.4 Å².